The van der Waals surface area contributed by atoms with Gasteiger partial charge in [-0.15, -0.1) is 24.2 Å². The largest absolute Gasteiger partial charge is 0.338 e. The van der Waals surface area contributed by atoms with Crippen LogP contribution in [0.3, 0.4) is 0 Å². The molecule has 0 aromatic heterocycles. The van der Waals surface area contributed by atoms with Gasteiger partial charge in [-0.25, -0.2) is 0 Å². The minimum absolute atomic E-state index is 0. The summed E-state index contributed by atoms with van der Waals surface area (Å²) in [5.74, 6) is -0.130. The van der Waals surface area contributed by atoms with Crippen LogP contribution in [0.1, 0.15) is 19.3 Å². The van der Waals surface area contributed by atoms with Crippen molar-refractivity contribution in [1.82, 2.24) is 4.90 Å². The Hall–Kier alpha value is -0.950. The van der Waals surface area contributed by atoms with E-state index >= 15 is 0 Å². The van der Waals surface area contributed by atoms with Crippen molar-refractivity contribution in [3.05, 3.63) is 23.2 Å². The first-order valence-corrected chi connectivity index (χ1v) is 8.61. The molecule has 23 heavy (non-hydrogen) atoms. The number of fused-ring (bicyclic) bond motifs is 1. The zero-order valence-electron chi connectivity index (χ0n) is 12.5. The molecule has 1 saturated heterocycles. The molecule has 0 saturated carbocycles. The first-order chi connectivity index (χ1) is 10.6. The molecule has 1 aromatic carbocycles. The van der Waals surface area contributed by atoms with E-state index in [1.54, 1.807) is 12.1 Å². The smallest absolute Gasteiger partial charge is 0.238 e. The number of nitrogens with one attached hydrogen (secondary N) is 1. The summed E-state index contributed by atoms with van der Waals surface area (Å²) >= 11 is 7.35. The molecule has 2 amide bonds. The summed E-state index contributed by atoms with van der Waals surface area (Å²) in [6.07, 6.45) is 2.14. The Morgan fingerprint density at radius 3 is 3.00 bits per heavy atom. The van der Waals surface area contributed by atoms with Crippen LogP contribution in [0.2, 0.25) is 5.02 Å². The van der Waals surface area contributed by atoms with E-state index < -0.39 is 5.25 Å². The van der Waals surface area contributed by atoms with Gasteiger partial charge in [-0.3, -0.25) is 9.59 Å². The number of anilines is 1. The summed E-state index contributed by atoms with van der Waals surface area (Å²) < 4.78 is 0. The molecule has 3 rings (SSSR count). The fourth-order valence-electron chi connectivity index (χ4n) is 2.94. The minimum Gasteiger partial charge on any atom is -0.338 e. The third kappa shape index (κ3) is 3.94. The monoisotopic (exact) mass is 375 g/mol. The van der Waals surface area contributed by atoms with E-state index in [4.69, 9.17) is 17.3 Å². The molecule has 2 aliphatic heterocycles. The molecule has 0 bridgehead atoms. The summed E-state index contributed by atoms with van der Waals surface area (Å²) in [6, 6.07) is 5.51. The van der Waals surface area contributed by atoms with Gasteiger partial charge in [0.25, 0.3) is 0 Å². The van der Waals surface area contributed by atoms with Gasteiger partial charge in [0.15, 0.2) is 0 Å². The third-order valence-corrected chi connectivity index (χ3v) is 5.60. The predicted molar refractivity (Wildman–Crippen MR) is 95.4 cm³/mol. The normalized spacial score (nSPS) is 23.0. The van der Waals surface area contributed by atoms with Gasteiger partial charge in [0, 0.05) is 35.5 Å². The Labute approximate surface area is 150 Å². The second-order valence-electron chi connectivity index (χ2n) is 5.56. The number of nitrogens with zero attached hydrogens (tertiary/aromatic N) is 1. The molecule has 0 radical (unpaired) electrons. The fourth-order valence-corrected chi connectivity index (χ4v) is 4.20. The average Bonchev–Trinajstić information content (AvgIpc) is 2.97. The minimum atomic E-state index is -0.403. The third-order valence-electron chi connectivity index (χ3n) is 4.09. The average molecular weight is 376 g/mol. The summed E-state index contributed by atoms with van der Waals surface area (Å²) in [4.78, 5) is 27.4. The number of carbonyl (C=O) groups excluding carboxylic acids is 2. The Kier molecular flexibility index (Phi) is 6.19. The molecule has 0 aliphatic carbocycles. The molecule has 126 valence electrons. The Balaban J connectivity index is 0.00000192. The Bertz CT molecular complexity index is 614. The van der Waals surface area contributed by atoms with E-state index in [0.717, 1.165) is 24.3 Å². The van der Waals surface area contributed by atoms with Crippen molar-refractivity contribution >= 4 is 53.3 Å². The SMILES string of the molecule is Cl.NCC1CCCN1C(=O)CC1Sc2ccc(Cl)cc2NC1=O. The number of amides is 2. The van der Waals surface area contributed by atoms with Gasteiger partial charge < -0.3 is 16.0 Å². The van der Waals surface area contributed by atoms with E-state index in [-0.39, 0.29) is 36.7 Å². The van der Waals surface area contributed by atoms with Crippen LogP contribution in [0.15, 0.2) is 23.1 Å². The molecule has 5 nitrogen and oxygen atoms in total. The van der Waals surface area contributed by atoms with Crippen molar-refractivity contribution in [3.63, 3.8) is 0 Å². The summed E-state index contributed by atoms with van der Waals surface area (Å²) in [5, 5.41) is 3.01. The van der Waals surface area contributed by atoms with Gasteiger partial charge in [0.05, 0.1) is 10.9 Å². The molecule has 1 aromatic rings. The number of benzene rings is 1. The van der Waals surface area contributed by atoms with Crippen LogP contribution < -0.4 is 11.1 Å². The number of nitrogens with two attached hydrogens (primary N) is 1. The number of likely N-dealkylation sites (tertiary alicyclic amines) is 1. The topological polar surface area (TPSA) is 75.4 Å². The van der Waals surface area contributed by atoms with Gasteiger partial charge in [-0.05, 0) is 31.0 Å². The van der Waals surface area contributed by atoms with Crippen LogP contribution in [0.5, 0.6) is 0 Å². The molecule has 3 N–H and O–H groups in total. The van der Waals surface area contributed by atoms with Crippen molar-refractivity contribution in [2.24, 2.45) is 5.73 Å². The molecule has 2 atom stereocenters. The number of hydrogen-bond acceptors (Lipinski definition) is 4. The summed E-state index contributed by atoms with van der Waals surface area (Å²) in [6.45, 7) is 1.23. The quantitative estimate of drug-likeness (QED) is 0.850. The molecule has 2 aliphatic rings. The molecular formula is C15H19Cl2N3O2S. The van der Waals surface area contributed by atoms with Crippen LogP contribution in [-0.2, 0) is 9.59 Å². The highest BCUT2D eigenvalue weighted by atomic mass is 35.5. The predicted octanol–water partition coefficient (Wildman–Crippen LogP) is 2.51. The van der Waals surface area contributed by atoms with Crippen molar-refractivity contribution in [3.8, 4) is 0 Å². The van der Waals surface area contributed by atoms with Crippen molar-refractivity contribution in [1.29, 1.82) is 0 Å². The van der Waals surface area contributed by atoms with E-state index in [9.17, 15) is 9.59 Å². The Morgan fingerprint density at radius 1 is 1.48 bits per heavy atom. The zero-order valence-corrected chi connectivity index (χ0v) is 14.8. The fraction of sp³-hybridized carbons (Fsp3) is 0.467. The number of carbonyl (C=O) groups is 2. The highest BCUT2D eigenvalue weighted by molar-refractivity contribution is 8.01. The van der Waals surface area contributed by atoms with Crippen LogP contribution in [-0.4, -0.2) is 41.1 Å². The molecule has 1 fully saturated rings. The van der Waals surface area contributed by atoms with E-state index in [2.05, 4.69) is 5.32 Å². The maximum Gasteiger partial charge on any atom is 0.238 e. The summed E-state index contributed by atoms with van der Waals surface area (Å²) in [7, 11) is 0. The second kappa shape index (κ2) is 7.75. The van der Waals surface area contributed by atoms with E-state index in [1.807, 2.05) is 11.0 Å². The number of hydrogen-bond donors (Lipinski definition) is 2. The maximum absolute atomic E-state index is 12.5. The van der Waals surface area contributed by atoms with Crippen LogP contribution in [0, 0.1) is 0 Å². The van der Waals surface area contributed by atoms with Gasteiger partial charge in [0.2, 0.25) is 11.8 Å². The van der Waals surface area contributed by atoms with Crippen molar-refractivity contribution < 1.29 is 9.59 Å². The molecule has 2 heterocycles. The van der Waals surface area contributed by atoms with Crippen molar-refractivity contribution in [2.45, 2.75) is 35.4 Å². The van der Waals surface area contributed by atoms with Gasteiger partial charge >= 0.3 is 0 Å². The number of thioether (sulfide) groups is 1. The van der Waals surface area contributed by atoms with E-state index in [0.29, 0.717) is 17.3 Å². The standard InChI is InChI=1S/C15H18ClN3O2S.ClH/c16-9-3-4-12-11(6-9)18-15(21)13(22-12)7-14(20)19-5-1-2-10(19)8-17;/h3-4,6,10,13H,1-2,5,7-8,17H2,(H,18,21);1H. The van der Waals surface area contributed by atoms with E-state index in [1.165, 1.54) is 11.8 Å². The lowest BCUT2D eigenvalue weighted by atomic mass is 10.2. The first-order valence-electron chi connectivity index (χ1n) is 7.35. The first kappa shape index (κ1) is 18.4. The molecule has 2 unspecified atom stereocenters. The molecular weight excluding hydrogens is 357 g/mol. The van der Waals surface area contributed by atoms with Crippen molar-refractivity contribution in [2.75, 3.05) is 18.4 Å². The van der Waals surface area contributed by atoms with Crippen LogP contribution in [0.25, 0.3) is 0 Å². The van der Waals surface area contributed by atoms with Crippen LogP contribution in [0.4, 0.5) is 5.69 Å². The maximum atomic E-state index is 12.5. The lowest BCUT2D eigenvalue weighted by Gasteiger charge is -2.28. The Morgan fingerprint density at radius 2 is 2.26 bits per heavy atom. The second-order valence-corrected chi connectivity index (χ2v) is 7.24. The zero-order chi connectivity index (χ0) is 15.7. The highest BCUT2D eigenvalue weighted by Gasteiger charge is 2.33. The highest BCUT2D eigenvalue weighted by Crippen LogP contribution is 2.38. The number of rotatable bonds is 3. The summed E-state index contributed by atoms with van der Waals surface area (Å²) in [5.41, 5.74) is 6.42. The van der Waals surface area contributed by atoms with Gasteiger partial charge in [-0.1, -0.05) is 11.6 Å². The van der Waals surface area contributed by atoms with Crippen LogP contribution >= 0.6 is 35.8 Å². The van der Waals surface area contributed by atoms with Gasteiger partial charge in [0.1, 0.15) is 0 Å². The lowest BCUT2D eigenvalue weighted by molar-refractivity contribution is -0.133. The lowest BCUT2D eigenvalue weighted by Crippen LogP contribution is -2.42. The number of halogens is 2. The molecule has 8 heteroatoms. The molecule has 0 spiro atoms. The van der Waals surface area contributed by atoms with Gasteiger partial charge in [-0.2, -0.15) is 0 Å².